The van der Waals surface area contributed by atoms with Gasteiger partial charge in [-0.25, -0.2) is 0 Å². The first-order valence-electron chi connectivity index (χ1n) is 11.7. The average Bonchev–Trinajstić information content (AvgIpc) is 2.98. The maximum atomic E-state index is 12.6. The first-order valence-corrected chi connectivity index (χ1v) is 11.7. The summed E-state index contributed by atoms with van der Waals surface area (Å²) in [6, 6.07) is 0. The van der Waals surface area contributed by atoms with Crippen LogP contribution in [-0.2, 0) is 14.3 Å². The molecule has 28 heavy (non-hydrogen) atoms. The number of carbonyl (C=O) groups excluding carboxylic acids is 1. The topological polar surface area (TPSA) is 35.5 Å². The van der Waals surface area contributed by atoms with Crippen LogP contribution in [0.5, 0.6) is 0 Å². The lowest BCUT2D eigenvalue weighted by Crippen LogP contribution is -2.40. The van der Waals surface area contributed by atoms with Crippen molar-refractivity contribution in [2.75, 3.05) is 14.2 Å². The fourth-order valence-electron chi connectivity index (χ4n) is 6.08. The predicted octanol–water partition coefficient (Wildman–Crippen LogP) is 6.58. The van der Waals surface area contributed by atoms with Crippen molar-refractivity contribution in [1.29, 1.82) is 0 Å². The highest BCUT2D eigenvalue weighted by molar-refractivity contribution is 5.83. The van der Waals surface area contributed by atoms with E-state index in [0.717, 1.165) is 38.0 Å². The van der Waals surface area contributed by atoms with Gasteiger partial charge in [-0.15, -0.1) is 0 Å². The molecule has 2 unspecified atom stereocenters. The normalized spacial score (nSPS) is 28.8. The summed E-state index contributed by atoms with van der Waals surface area (Å²) in [4.78, 5) is 12.6. The zero-order chi connectivity index (χ0) is 21.0. The van der Waals surface area contributed by atoms with Crippen LogP contribution in [0.4, 0.5) is 0 Å². The van der Waals surface area contributed by atoms with E-state index < -0.39 is 0 Å². The van der Waals surface area contributed by atoms with Crippen molar-refractivity contribution < 1.29 is 14.3 Å². The fourth-order valence-corrected chi connectivity index (χ4v) is 6.08. The first kappa shape index (κ1) is 23.9. The van der Waals surface area contributed by atoms with E-state index in [1.165, 1.54) is 38.5 Å². The Kier molecular flexibility index (Phi) is 8.18. The molecule has 2 rings (SSSR count). The van der Waals surface area contributed by atoms with Crippen molar-refractivity contribution in [3.8, 4) is 0 Å². The molecular formula is C25H46O3. The van der Waals surface area contributed by atoms with Crippen molar-refractivity contribution >= 4 is 5.78 Å². The highest BCUT2D eigenvalue weighted by atomic mass is 16.5. The average molecular weight is 395 g/mol. The molecule has 0 spiro atoms. The van der Waals surface area contributed by atoms with Gasteiger partial charge in [0.2, 0.25) is 0 Å². The molecule has 164 valence electrons. The molecule has 0 radical (unpaired) electrons. The molecule has 0 bridgehead atoms. The monoisotopic (exact) mass is 394 g/mol. The molecule has 3 heteroatoms. The van der Waals surface area contributed by atoms with E-state index in [0.29, 0.717) is 17.6 Å². The number of ketones is 1. The molecule has 0 aromatic carbocycles. The third-order valence-corrected chi connectivity index (χ3v) is 8.32. The minimum Gasteiger partial charge on any atom is -0.379 e. The number of ether oxygens (including phenoxy) is 2. The summed E-state index contributed by atoms with van der Waals surface area (Å²) in [5.74, 6) is 2.31. The quantitative estimate of drug-likeness (QED) is 0.397. The number of Topliss-reactive ketones (excluding diaryl/α,β-unsaturated/α-hetero) is 1. The van der Waals surface area contributed by atoms with Gasteiger partial charge in [-0.1, -0.05) is 32.6 Å². The molecule has 2 aliphatic carbocycles. The van der Waals surface area contributed by atoms with E-state index in [9.17, 15) is 4.79 Å². The van der Waals surface area contributed by atoms with Crippen LogP contribution in [-0.4, -0.2) is 31.2 Å². The lowest BCUT2D eigenvalue weighted by atomic mass is 9.61. The second-order valence-electron chi connectivity index (χ2n) is 11.0. The van der Waals surface area contributed by atoms with Crippen LogP contribution in [0.25, 0.3) is 0 Å². The minimum atomic E-state index is -0.0362. The Morgan fingerprint density at radius 1 is 1.00 bits per heavy atom. The summed E-state index contributed by atoms with van der Waals surface area (Å²) in [5, 5.41) is 0. The number of methoxy groups -OCH3 is 2. The largest absolute Gasteiger partial charge is 0.379 e. The Labute approximate surface area is 174 Å². The standard InChI is InChI=1S/C25H46O3/c1-23(2,27-6)16-8-11-19(12-9-17-24(3,4)28-7)20-14-15-21-22(26)13-10-18-25(20,21)5/h19-21H,8-18H2,1-7H3/t20?,21?,25-/m1/s1. The molecule has 3 nitrogen and oxygen atoms in total. The van der Waals surface area contributed by atoms with Gasteiger partial charge < -0.3 is 9.47 Å². The van der Waals surface area contributed by atoms with Gasteiger partial charge in [0.15, 0.2) is 0 Å². The summed E-state index contributed by atoms with van der Waals surface area (Å²) in [6.07, 6.45) is 12.7. The molecule has 3 atom stereocenters. The molecule has 2 saturated carbocycles. The van der Waals surface area contributed by atoms with Gasteiger partial charge in [-0.3, -0.25) is 4.79 Å². The van der Waals surface area contributed by atoms with Crippen LogP contribution < -0.4 is 0 Å². The molecule has 0 aromatic heterocycles. The molecule has 0 aromatic rings. The zero-order valence-corrected chi connectivity index (χ0v) is 19.7. The summed E-state index contributed by atoms with van der Waals surface area (Å²) < 4.78 is 11.3. The van der Waals surface area contributed by atoms with Gasteiger partial charge in [-0.05, 0) is 83.5 Å². The molecule has 0 aliphatic heterocycles. The molecule has 0 saturated heterocycles. The molecule has 0 amide bonds. The van der Waals surface area contributed by atoms with Crippen LogP contribution in [0.15, 0.2) is 0 Å². The lowest BCUT2D eigenvalue weighted by molar-refractivity contribution is -0.130. The molecule has 2 fully saturated rings. The number of hydrogen-bond acceptors (Lipinski definition) is 3. The SMILES string of the molecule is COC(C)(C)CCCC(CCCC(C)(C)OC)C1CCC2C(=O)CCC[C@@]21C. The molecule has 0 heterocycles. The van der Waals surface area contributed by atoms with E-state index in [-0.39, 0.29) is 16.6 Å². The van der Waals surface area contributed by atoms with E-state index in [1.807, 2.05) is 14.2 Å². The Bertz CT molecular complexity index is 488. The summed E-state index contributed by atoms with van der Waals surface area (Å²) >= 11 is 0. The van der Waals surface area contributed by atoms with Gasteiger partial charge in [0.1, 0.15) is 5.78 Å². The van der Waals surface area contributed by atoms with Crippen LogP contribution in [0.1, 0.15) is 105 Å². The second-order valence-corrected chi connectivity index (χ2v) is 11.0. The van der Waals surface area contributed by atoms with E-state index in [1.54, 1.807) is 0 Å². The smallest absolute Gasteiger partial charge is 0.136 e. The predicted molar refractivity (Wildman–Crippen MR) is 117 cm³/mol. The highest BCUT2D eigenvalue weighted by Gasteiger charge is 2.52. The third kappa shape index (κ3) is 5.81. The van der Waals surface area contributed by atoms with Crippen LogP contribution in [0.2, 0.25) is 0 Å². The number of carbonyl (C=O) groups is 1. The summed E-state index contributed by atoms with van der Waals surface area (Å²) in [7, 11) is 3.64. The van der Waals surface area contributed by atoms with E-state index in [4.69, 9.17) is 9.47 Å². The molecule has 2 aliphatic rings. The van der Waals surface area contributed by atoms with Crippen LogP contribution >= 0.6 is 0 Å². The van der Waals surface area contributed by atoms with E-state index in [2.05, 4.69) is 34.6 Å². The Balaban J connectivity index is 2.05. The maximum Gasteiger partial charge on any atom is 0.136 e. The number of hydrogen-bond donors (Lipinski definition) is 0. The van der Waals surface area contributed by atoms with Crippen molar-refractivity contribution in [1.82, 2.24) is 0 Å². The van der Waals surface area contributed by atoms with Gasteiger partial charge >= 0.3 is 0 Å². The maximum absolute atomic E-state index is 12.6. The zero-order valence-electron chi connectivity index (χ0n) is 19.7. The van der Waals surface area contributed by atoms with Crippen molar-refractivity contribution in [2.45, 2.75) is 116 Å². The fraction of sp³-hybridized carbons (Fsp3) is 0.960. The van der Waals surface area contributed by atoms with Crippen molar-refractivity contribution in [3.63, 3.8) is 0 Å². The van der Waals surface area contributed by atoms with E-state index >= 15 is 0 Å². The number of fused-ring (bicyclic) bond motifs is 1. The summed E-state index contributed by atoms with van der Waals surface area (Å²) in [6.45, 7) is 11.2. The Morgan fingerprint density at radius 2 is 1.54 bits per heavy atom. The minimum absolute atomic E-state index is 0.0362. The van der Waals surface area contributed by atoms with Crippen LogP contribution in [0, 0.1) is 23.2 Å². The van der Waals surface area contributed by atoms with Gasteiger partial charge in [0, 0.05) is 26.6 Å². The van der Waals surface area contributed by atoms with Crippen LogP contribution in [0.3, 0.4) is 0 Å². The highest BCUT2D eigenvalue weighted by Crippen LogP contribution is 2.58. The Morgan fingerprint density at radius 3 is 2.04 bits per heavy atom. The lowest BCUT2D eigenvalue weighted by Gasteiger charge is -2.43. The van der Waals surface area contributed by atoms with Crippen molar-refractivity contribution in [3.05, 3.63) is 0 Å². The molecular weight excluding hydrogens is 348 g/mol. The van der Waals surface area contributed by atoms with Crippen molar-refractivity contribution in [2.24, 2.45) is 23.2 Å². The first-order chi connectivity index (χ1) is 13.0. The van der Waals surface area contributed by atoms with Gasteiger partial charge in [-0.2, -0.15) is 0 Å². The second kappa shape index (κ2) is 9.60. The van der Waals surface area contributed by atoms with Gasteiger partial charge in [0.05, 0.1) is 11.2 Å². The molecule has 0 N–H and O–H groups in total. The summed E-state index contributed by atoms with van der Waals surface area (Å²) in [5.41, 5.74) is 0.171. The number of rotatable bonds is 11. The Hall–Kier alpha value is -0.410. The van der Waals surface area contributed by atoms with Gasteiger partial charge in [0.25, 0.3) is 0 Å². The third-order valence-electron chi connectivity index (χ3n) is 8.32.